The average molecular weight is 226 g/mol. The molecule has 4 nitrogen and oxygen atoms in total. The predicted octanol–water partition coefficient (Wildman–Crippen LogP) is -0.167. The lowest BCUT2D eigenvalue weighted by Gasteiger charge is -2.15. The third-order valence-electron chi connectivity index (χ3n) is 2.91. The fourth-order valence-electron chi connectivity index (χ4n) is 2.13. The Bertz CT molecular complexity index is 308. The number of hydrogen-bond acceptors (Lipinski definition) is 3. The van der Waals surface area contributed by atoms with Crippen molar-refractivity contribution in [1.82, 2.24) is 9.62 Å². The zero-order valence-electron chi connectivity index (χ0n) is 7.49. The molecule has 0 spiro atoms. The first-order valence-electron chi connectivity index (χ1n) is 4.52. The molecule has 0 radical (unpaired) electrons. The minimum absolute atomic E-state index is 0.0727. The molecule has 2 rings (SSSR count). The van der Waals surface area contributed by atoms with Crippen molar-refractivity contribution in [1.29, 1.82) is 0 Å². The molecule has 2 saturated heterocycles. The van der Waals surface area contributed by atoms with Gasteiger partial charge in [-0.15, -0.1) is 0 Å². The Morgan fingerprint density at radius 1 is 1.36 bits per heavy atom. The Kier molecular flexibility index (Phi) is 2.48. The van der Waals surface area contributed by atoms with Crippen LogP contribution in [-0.4, -0.2) is 44.2 Å². The predicted molar refractivity (Wildman–Crippen MR) is 46.4 cm³/mol. The van der Waals surface area contributed by atoms with Gasteiger partial charge < -0.3 is 5.32 Å². The maximum atomic E-state index is 12.2. The van der Waals surface area contributed by atoms with Gasteiger partial charge in [0.15, 0.2) is 0 Å². The van der Waals surface area contributed by atoms with E-state index in [1.165, 1.54) is 0 Å². The highest BCUT2D eigenvalue weighted by molar-refractivity contribution is 7.89. The van der Waals surface area contributed by atoms with E-state index in [2.05, 4.69) is 5.32 Å². The zero-order valence-corrected chi connectivity index (χ0v) is 8.30. The van der Waals surface area contributed by atoms with Gasteiger partial charge in [-0.05, 0) is 18.9 Å². The third-order valence-corrected chi connectivity index (χ3v) is 4.38. The molecule has 0 saturated carbocycles. The normalized spacial score (nSPS) is 33.9. The van der Waals surface area contributed by atoms with Crippen molar-refractivity contribution in [2.45, 2.75) is 18.2 Å². The highest BCUT2D eigenvalue weighted by Gasteiger charge is 2.43. The van der Waals surface area contributed by atoms with Gasteiger partial charge >= 0.3 is 5.76 Å². The van der Waals surface area contributed by atoms with Crippen LogP contribution in [0.1, 0.15) is 6.42 Å². The summed E-state index contributed by atoms with van der Waals surface area (Å²) in [6.07, 6.45) is 0.875. The number of nitrogens with one attached hydrogen (secondary N) is 1. The first-order chi connectivity index (χ1) is 6.51. The number of fused-ring (bicyclic) bond motifs is 1. The Hall–Kier alpha value is -0.270. The summed E-state index contributed by atoms with van der Waals surface area (Å²) in [5.41, 5.74) is 0. The number of alkyl halides is 2. The monoisotopic (exact) mass is 226 g/mol. The molecule has 1 N–H and O–H groups in total. The van der Waals surface area contributed by atoms with Crippen molar-refractivity contribution in [2.24, 2.45) is 5.92 Å². The second kappa shape index (κ2) is 3.39. The topological polar surface area (TPSA) is 49.4 Å². The van der Waals surface area contributed by atoms with Crippen molar-refractivity contribution in [2.75, 3.05) is 19.6 Å². The Labute approximate surface area is 81.3 Å². The highest BCUT2D eigenvalue weighted by atomic mass is 32.2. The van der Waals surface area contributed by atoms with Crippen molar-refractivity contribution < 1.29 is 17.2 Å². The van der Waals surface area contributed by atoms with Crippen molar-refractivity contribution >= 4 is 10.0 Å². The number of sulfonamides is 1. The summed E-state index contributed by atoms with van der Waals surface area (Å²) in [6.45, 7) is 1.29. The summed E-state index contributed by atoms with van der Waals surface area (Å²) in [7, 11) is -4.36. The maximum Gasteiger partial charge on any atom is 0.350 e. The fourth-order valence-corrected chi connectivity index (χ4v) is 3.12. The van der Waals surface area contributed by atoms with E-state index in [-0.39, 0.29) is 25.0 Å². The van der Waals surface area contributed by atoms with Crippen molar-refractivity contribution in [3.05, 3.63) is 0 Å². The van der Waals surface area contributed by atoms with E-state index < -0.39 is 15.8 Å². The summed E-state index contributed by atoms with van der Waals surface area (Å²) in [5, 5.41) is 3.11. The van der Waals surface area contributed by atoms with E-state index >= 15 is 0 Å². The fraction of sp³-hybridized carbons (Fsp3) is 1.00. The minimum atomic E-state index is -4.36. The van der Waals surface area contributed by atoms with Crippen LogP contribution in [0.2, 0.25) is 0 Å². The van der Waals surface area contributed by atoms with Gasteiger partial charge in [-0.2, -0.15) is 13.1 Å². The lowest BCUT2D eigenvalue weighted by Crippen LogP contribution is -2.36. The molecule has 2 aliphatic rings. The maximum absolute atomic E-state index is 12.2. The largest absolute Gasteiger partial charge is 0.350 e. The second-order valence-corrected chi connectivity index (χ2v) is 5.63. The van der Waals surface area contributed by atoms with Gasteiger partial charge in [0.1, 0.15) is 0 Å². The molecule has 2 heterocycles. The summed E-state index contributed by atoms with van der Waals surface area (Å²) < 4.78 is 47.5. The van der Waals surface area contributed by atoms with Crippen molar-refractivity contribution in [3.8, 4) is 0 Å². The molecule has 82 valence electrons. The molecule has 7 heteroatoms. The van der Waals surface area contributed by atoms with Crippen molar-refractivity contribution in [3.63, 3.8) is 0 Å². The first-order valence-corrected chi connectivity index (χ1v) is 6.02. The lowest BCUT2D eigenvalue weighted by molar-refractivity contribution is 0.221. The number of halogens is 2. The van der Waals surface area contributed by atoms with Gasteiger partial charge in [-0.1, -0.05) is 0 Å². The molecular weight excluding hydrogens is 214 g/mol. The molecule has 0 aromatic heterocycles. The van der Waals surface area contributed by atoms with Crippen LogP contribution in [0.25, 0.3) is 0 Å². The Morgan fingerprint density at radius 2 is 2.07 bits per heavy atom. The Balaban J connectivity index is 2.09. The molecule has 2 aliphatic heterocycles. The van der Waals surface area contributed by atoms with Crippen LogP contribution in [0.15, 0.2) is 0 Å². The van der Waals surface area contributed by atoms with Crippen LogP contribution in [-0.2, 0) is 10.0 Å². The Morgan fingerprint density at radius 3 is 2.64 bits per heavy atom. The third kappa shape index (κ3) is 1.53. The second-order valence-electron chi connectivity index (χ2n) is 3.73. The molecule has 2 unspecified atom stereocenters. The molecule has 2 atom stereocenters. The van der Waals surface area contributed by atoms with Gasteiger partial charge in [0.25, 0.3) is 10.0 Å². The molecule has 0 amide bonds. The summed E-state index contributed by atoms with van der Waals surface area (Å²) in [5.74, 6) is -3.08. The van der Waals surface area contributed by atoms with Crippen LogP contribution >= 0.6 is 0 Å². The molecule has 0 aliphatic carbocycles. The van der Waals surface area contributed by atoms with Gasteiger partial charge in [-0.25, -0.2) is 8.42 Å². The van der Waals surface area contributed by atoms with E-state index in [1.54, 1.807) is 0 Å². The quantitative estimate of drug-likeness (QED) is 0.711. The van der Waals surface area contributed by atoms with Gasteiger partial charge in [0, 0.05) is 19.1 Å². The van der Waals surface area contributed by atoms with E-state index in [4.69, 9.17) is 0 Å². The van der Waals surface area contributed by atoms with E-state index in [1.807, 2.05) is 0 Å². The van der Waals surface area contributed by atoms with E-state index in [0.717, 1.165) is 17.3 Å². The minimum Gasteiger partial charge on any atom is -0.312 e. The molecule has 0 bridgehead atoms. The summed E-state index contributed by atoms with van der Waals surface area (Å²) >= 11 is 0. The van der Waals surface area contributed by atoms with Crippen LogP contribution in [0.4, 0.5) is 8.78 Å². The lowest BCUT2D eigenvalue weighted by atomic mass is 10.1. The van der Waals surface area contributed by atoms with Crippen LogP contribution in [0.3, 0.4) is 0 Å². The summed E-state index contributed by atoms with van der Waals surface area (Å²) in [4.78, 5) is 0. The van der Waals surface area contributed by atoms with E-state index in [9.17, 15) is 17.2 Å². The molecule has 0 aromatic rings. The number of nitrogens with zero attached hydrogens (tertiary/aromatic N) is 1. The molecule has 14 heavy (non-hydrogen) atoms. The SMILES string of the molecule is O=S(=O)(C(F)F)N1CC2CCNC2C1. The smallest absolute Gasteiger partial charge is 0.312 e. The average Bonchev–Trinajstić information content (AvgIpc) is 2.60. The van der Waals surface area contributed by atoms with Gasteiger partial charge in [0.05, 0.1) is 0 Å². The first kappa shape index (κ1) is 10.3. The molecule has 0 aromatic carbocycles. The standard InChI is InChI=1S/C7H12F2N2O2S/c8-7(9)14(12,13)11-3-5-1-2-10-6(5)4-11/h5-7,10H,1-4H2. The van der Waals surface area contributed by atoms with Gasteiger partial charge in [0.2, 0.25) is 0 Å². The van der Waals surface area contributed by atoms with E-state index in [0.29, 0.717) is 0 Å². The summed E-state index contributed by atoms with van der Waals surface area (Å²) in [6, 6.07) is 0.0727. The van der Waals surface area contributed by atoms with Gasteiger partial charge in [-0.3, -0.25) is 0 Å². The molecular formula is C7H12F2N2O2S. The van der Waals surface area contributed by atoms with Crippen LogP contribution in [0.5, 0.6) is 0 Å². The number of rotatable bonds is 2. The van der Waals surface area contributed by atoms with Crippen LogP contribution in [0, 0.1) is 5.92 Å². The zero-order chi connectivity index (χ0) is 10.3. The number of hydrogen-bond donors (Lipinski definition) is 1. The van der Waals surface area contributed by atoms with Crippen LogP contribution < -0.4 is 5.32 Å². The highest BCUT2D eigenvalue weighted by Crippen LogP contribution is 2.28. The molecule has 2 fully saturated rings.